The van der Waals surface area contributed by atoms with Crippen LogP contribution in [0.4, 0.5) is 5.69 Å². The molecule has 0 bridgehead atoms. The molecule has 4 nitrogen and oxygen atoms in total. The number of unbranched alkanes of at least 4 members (excludes halogenated alkanes) is 1. The van der Waals surface area contributed by atoms with Crippen molar-refractivity contribution >= 4 is 17.7 Å². The highest BCUT2D eigenvalue weighted by Gasteiger charge is 2.08. The standard InChI is InChI=1S/C24H31NO3/c1-5-7-16-28-22-14-12-19(17-23(22)27-6-2)13-15-24(26)25-21-11-9-8-10-20(21)18(3)4/h8-15,17-18H,5-7,16H2,1-4H3,(H,25,26)/b15-13+. The Kier molecular flexibility index (Phi) is 8.60. The van der Waals surface area contributed by atoms with Crippen molar-refractivity contribution in [3.05, 3.63) is 59.7 Å². The van der Waals surface area contributed by atoms with Crippen LogP contribution in [0.15, 0.2) is 48.5 Å². The van der Waals surface area contributed by atoms with Gasteiger partial charge in [0, 0.05) is 11.8 Å². The number of carbonyl (C=O) groups excluding carboxylic acids is 1. The maximum Gasteiger partial charge on any atom is 0.248 e. The van der Waals surface area contributed by atoms with Crippen molar-refractivity contribution in [1.82, 2.24) is 0 Å². The molecular formula is C24H31NO3. The molecule has 0 fully saturated rings. The number of rotatable bonds is 10. The number of hydrogen-bond acceptors (Lipinski definition) is 3. The van der Waals surface area contributed by atoms with E-state index in [-0.39, 0.29) is 5.91 Å². The van der Waals surface area contributed by atoms with Gasteiger partial charge in [-0.3, -0.25) is 4.79 Å². The van der Waals surface area contributed by atoms with Crippen LogP contribution in [0.25, 0.3) is 6.08 Å². The molecule has 2 aromatic carbocycles. The van der Waals surface area contributed by atoms with Crippen LogP contribution in [0.5, 0.6) is 11.5 Å². The van der Waals surface area contributed by atoms with E-state index in [1.807, 2.05) is 49.4 Å². The van der Waals surface area contributed by atoms with Gasteiger partial charge in [-0.1, -0.05) is 51.5 Å². The Hall–Kier alpha value is -2.75. The van der Waals surface area contributed by atoms with Gasteiger partial charge in [-0.25, -0.2) is 0 Å². The van der Waals surface area contributed by atoms with Crippen LogP contribution in [0.3, 0.4) is 0 Å². The van der Waals surface area contributed by atoms with Crippen LogP contribution in [-0.2, 0) is 4.79 Å². The Labute approximate surface area is 168 Å². The third-order valence-electron chi connectivity index (χ3n) is 4.29. The molecule has 0 heterocycles. The summed E-state index contributed by atoms with van der Waals surface area (Å²) in [6.45, 7) is 9.52. The van der Waals surface area contributed by atoms with Crippen LogP contribution in [-0.4, -0.2) is 19.1 Å². The van der Waals surface area contributed by atoms with Gasteiger partial charge in [0.2, 0.25) is 5.91 Å². The van der Waals surface area contributed by atoms with Gasteiger partial charge >= 0.3 is 0 Å². The summed E-state index contributed by atoms with van der Waals surface area (Å²) in [4.78, 5) is 12.4. The first-order valence-corrected chi connectivity index (χ1v) is 10.0. The van der Waals surface area contributed by atoms with E-state index < -0.39 is 0 Å². The van der Waals surface area contributed by atoms with Crippen molar-refractivity contribution in [3.8, 4) is 11.5 Å². The third kappa shape index (κ3) is 6.45. The highest BCUT2D eigenvalue weighted by molar-refractivity contribution is 6.02. The molecule has 150 valence electrons. The number of ether oxygens (including phenoxy) is 2. The van der Waals surface area contributed by atoms with E-state index >= 15 is 0 Å². The summed E-state index contributed by atoms with van der Waals surface area (Å²) >= 11 is 0. The minimum absolute atomic E-state index is 0.158. The van der Waals surface area contributed by atoms with E-state index in [0.717, 1.165) is 35.4 Å². The molecule has 0 aromatic heterocycles. The van der Waals surface area contributed by atoms with Crippen LogP contribution in [0.1, 0.15) is 57.6 Å². The molecular weight excluding hydrogens is 350 g/mol. The first kappa shape index (κ1) is 21.5. The molecule has 2 rings (SSSR count). The smallest absolute Gasteiger partial charge is 0.248 e. The lowest BCUT2D eigenvalue weighted by atomic mass is 10.0. The number of carbonyl (C=O) groups is 1. The van der Waals surface area contributed by atoms with Crippen LogP contribution >= 0.6 is 0 Å². The van der Waals surface area contributed by atoms with E-state index in [0.29, 0.717) is 24.9 Å². The fraction of sp³-hybridized carbons (Fsp3) is 0.375. The molecule has 28 heavy (non-hydrogen) atoms. The molecule has 0 aliphatic heterocycles. The lowest BCUT2D eigenvalue weighted by molar-refractivity contribution is -0.111. The molecule has 0 saturated heterocycles. The second-order valence-corrected chi connectivity index (χ2v) is 6.91. The van der Waals surface area contributed by atoms with Crippen LogP contribution in [0.2, 0.25) is 0 Å². The molecule has 0 atom stereocenters. The summed E-state index contributed by atoms with van der Waals surface area (Å²) in [6.07, 6.45) is 5.41. The minimum Gasteiger partial charge on any atom is -0.490 e. The topological polar surface area (TPSA) is 47.6 Å². The summed E-state index contributed by atoms with van der Waals surface area (Å²) in [6, 6.07) is 13.6. The van der Waals surface area contributed by atoms with Gasteiger partial charge in [0.05, 0.1) is 13.2 Å². The Morgan fingerprint density at radius 3 is 2.57 bits per heavy atom. The predicted octanol–water partition coefficient (Wildman–Crippen LogP) is 6.04. The summed E-state index contributed by atoms with van der Waals surface area (Å²) in [7, 11) is 0. The average molecular weight is 382 g/mol. The molecule has 2 aromatic rings. The fourth-order valence-electron chi connectivity index (χ4n) is 2.80. The van der Waals surface area contributed by atoms with Gasteiger partial charge in [0.1, 0.15) is 0 Å². The normalized spacial score (nSPS) is 11.0. The van der Waals surface area contributed by atoms with Gasteiger partial charge in [-0.05, 0) is 54.7 Å². The summed E-state index contributed by atoms with van der Waals surface area (Å²) < 4.78 is 11.5. The molecule has 0 aliphatic carbocycles. The molecule has 0 radical (unpaired) electrons. The van der Waals surface area contributed by atoms with E-state index in [2.05, 4.69) is 26.1 Å². The van der Waals surface area contributed by atoms with Gasteiger partial charge in [0.25, 0.3) is 0 Å². The van der Waals surface area contributed by atoms with Crippen molar-refractivity contribution in [2.45, 2.75) is 46.5 Å². The zero-order chi connectivity index (χ0) is 20.4. The lowest BCUT2D eigenvalue weighted by Gasteiger charge is -2.13. The average Bonchev–Trinajstić information content (AvgIpc) is 2.68. The van der Waals surface area contributed by atoms with Gasteiger partial charge in [-0.2, -0.15) is 0 Å². The fourth-order valence-corrected chi connectivity index (χ4v) is 2.80. The summed E-state index contributed by atoms with van der Waals surface area (Å²) in [5, 5.41) is 2.97. The maximum atomic E-state index is 12.4. The van der Waals surface area contributed by atoms with Crippen molar-refractivity contribution in [2.75, 3.05) is 18.5 Å². The second kappa shape index (κ2) is 11.2. The van der Waals surface area contributed by atoms with E-state index in [1.54, 1.807) is 12.2 Å². The highest BCUT2D eigenvalue weighted by atomic mass is 16.5. The van der Waals surface area contributed by atoms with E-state index in [4.69, 9.17) is 9.47 Å². The Bertz CT molecular complexity index is 796. The SMILES string of the molecule is CCCCOc1ccc(/C=C/C(=O)Nc2ccccc2C(C)C)cc1OCC. The number of hydrogen-bond donors (Lipinski definition) is 1. The maximum absolute atomic E-state index is 12.4. The van der Waals surface area contributed by atoms with Crippen molar-refractivity contribution in [1.29, 1.82) is 0 Å². The van der Waals surface area contributed by atoms with Gasteiger partial charge in [0.15, 0.2) is 11.5 Å². The quantitative estimate of drug-likeness (QED) is 0.403. The molecule has 1 amide bonds. The number of benzene rings is 2. The third-order valence-corrected chi connectivity index (χ3v) is 4.29. The number of para-hydroxylation sites is 1. The highest BCUT2D eigenvalue weighted by Crippen LogP contribution is 2.29. The molecule has 0 aliphatic rings. The van der Waals surface area contributed by atoms with Crippen molar-refractivity contribution < 1.29 is 14.3 Å². The largest absolute Gasteiger partial charge is 0.490 e. The second-order valence-electron chi connectivity index (χ2n) is 6.91. The first-order valence-electron chi connectivity index (χ1n) is 10.0. The molecule has 0 spiro atoms. The van der Waals surface area contributed by atoms with Crippen LogP contribution in [0, 0.1) is 0 Å². The van der Waals surface area contributed by atoms with Crippen LogP contribution < -0.4 is 14.8 Å². The Morgan fingerprint density at radius 2 is 1.86 bits per heavy atom. The monoisotopic (exact) mass is 381 g/mol. The molecule has 0 unspecified atom stereocenters. The summed E-state index contributed by atoms with van der Waals surface area (Å²) in [5.74, 6) is 1.62. The van der Waals surface area contributed by atoms with Gasteiger partial charge < -0.3 is 14.8 Å². The molecule has 1 N–H and O–H groups in total. The molecule has 0 saturated carbocycles. The predicted molar refractivity (Wildman–Crippen MR) is 116 cm³/mol. The zero-order valence-electron chi connectivity index (χ0n) is 17.3. The zero-order valence-corrected chi connectivity index (χ0v) is 17.3. The lowest BCUT2D eigenvalue weighted by Crippen LogP contribution is -2.10. The Morgan fingerprint density at radius 1 is 1.07 bits per heavy atom. The van der Waals surface area contributed by atoms with E-state index in [9.17, 15) is 4.79 Å². The van der Waals surface area contributed by atoms with Crippen molar-refractivity contribution in [2.24, 2.45) is 0 Å². The van der Waals surface area contributed by atoms with Gasteiger partial charge in [-0.15, -0.1) is 0 Å². The number of nitrogens with one attached hydrogen (secondary N) is 1. The molecule has 4 heteroatoms. The van der Waals surface area contributed by atoms with E-state index in [1.165, 1.54) is 0 Å². The minimum atomic E-state index is -0.158. The summed E-state index contributed by atoms with van der Waals surface area (Å²) in [5.41, 5.74) is 2.86. The van der Waals surface area contributed by atoms with Crippen molar-refractivity contribution in [3.63, 3.8) is 0 Å². The number of amides is 1. The Balaban J connectivity index is 2.08. The first-order chi connectivity index (χ1) is 13.5. The number of anilines is 1.